The molecule has 0 spiro atoms. The van der Waals surface area contributed by atoms with Gasteiger partial charge in [-0.2, -0.15) is 0 Å². The molecule has 2 unspecified atom stereocenters. The zero-order valence-corrected chi connectivity index (χ0v) is 7.88. The maximum Gasteiger partial charge on any atom is 0.0196 e. The monoisotopic (exact) mass is 163 g/mol. The smallest absolute Gasteiger partial charge is 0.0196 e. The predicted octanol–water partition coefficient (Wildman–Crippen LogP) is 2.28. The molecule has 2 atom stereocenters. The molecular weight excluding hydrogens is 146 g/mol. The summed E-state index contributed by atoms with van der Waals surface area (Å²) in [4.78, 5) is 0. The average Bonchev–Trinajstić information content (AvgIpc) is 2.27. The van der Waals surface area contributed by atoms with Gasteiger partial charge >= 0.3 is 0 Å². The van der Waals surface area contributed by atoms with Gasteiger partial charge in [0, 0.05) is 12.0 Å². The van der Waals surface area contributed by atoms with E-state index in [2.05, 4.69) is 37.0 Å². The van der Waals surface area contributed by atoms with Crippen molar-refractivity contribution < 1.29 is 0 Å². The summed E-state index contributed by atoms with van der Waals surface area (Å²) < 4.78 is 0. The van der Waals surface area contributed by atoms with Gasteiger partial charge in [0.1, 0.15) is 0 Å². The highest BCUT2D eigenvalue weighted by Crippen LogP contribution is 2.17. The molecule has 0 radical (unpaired) electrons. The lowest BCUT2D eigenvalue weighted by molar-refractivity contribution is 0.502. The molecule has 0 fully saturated rings. The molecule has 1 aliphatic carbocycles. The SMILES string of the molecule is C=CC1C=CC(C)=CCC1NC. The highest BCUT2D eigenvalue weighted by atomic mass is 14.9. The maximum absolute atomic E-state index is 3.83. The van der Waals surface area contributed by atoms with Crippen molar-refractivity contribution in [3.05, 3.63) is 36.5 Å². The molecule has 66 valence electrons. The Kier molecular flexibility index (Phi) is 3.30. The second kappa shape index (κ2) is 4.27. The van der Waals surface area contributed by atoms with E-state index in [1.807, 2.05) is 13.1 Å². The lowest BCUT2D eigenvalue weighted by atomic mass is 9.98. The van der Waals surface area contributed by atoms with E-state index in [0.29, 0.717) is 12.0 Å². The van der Waals surface area contributed by atoms with Gasteiger partial charge in [-0.15, -0.1) is 6.58 Å². The topological polar surface area (TPSA) is 12.0 Å². The number of allylic oxidation sites excluding steroid dienone is 2. The van der Waals surface area contributed by atoms with Crippen LogP contribution < -0.4 is 5.32 Å². The maximum atomic E-state index is 3.83. The third-order valence-corrected chi connectivity index (χ3v) is 2.38. The number of rotatable bonds is 2. The van der Waals surface area contributed by atoms with Crippen LogP contribution in [0.25, 0.3) is 0 Å². The van der Waals surface area contributed by atoms with Crippen LogP contribution >= 0.6 is 0 Å². The van der Waals surface area contributed by atoms with Crippen molar-refractivity contribution in [3.8, 4) is 0 Å². The molecule has 0 saturated carbocycles. The third-order valence-electron chi connectivity index (χ3n) is 2.38. The van der Waals surface area contributed by atoms with Gasteiger partial charge in [0.2, 0.25) is 0 Å². The van der Waals surface area contributed by atoms with Crippen molar-refractivity contribution in [3.63, 3.8) is 0 Å². The summed E-state index contributed by atoms with van der Waals surface area (Å²) in [5.41, 5.74) is 1.35. The molecular formula is C11H17N. The van der Waals surface area contributed by atoms with E-state index < -0.39 is 0 Å². The normalized spacial score (nSPS) is 29.3. The molecule has 1 N–H and O–H groups in total. The van der Waals surface area contributed by atoms with Crippen LogP contribution in [0.3, 0.4) is 0 Å². The zero-order chi connectivity index (χ0) is 8.97. The molecule has 1 rings (SSSR count). The Bertz CT molecular complexity index is 213. The summed E-state index contributed by atoms with van der Waals surface area (Å²) in [6.45, 7) is 5.97. The van der Waals surface area contributed by atoms with E-state index in [1.54, 1.807) is 0 Å². The highest BCUT2D eigenvalue weighted by Gasteiger charge is 2.14. The summed E-state index contributed by atoms with van der Waals surface area (Å²) in [7, 11) is 2.00. The average molecular weight is 163 g/mol. The van der Waals surface area contributed by atoms with Gasteiger partial charge in [-0.25, -0.2) is 0 Å². The van der Waals surface area contributed by atoms with E-state index in [9.17, 15) is 0 Å². The summed E-state index contributed by atoms with van der Waals surface area (Å²) in [6, 6.07) is 0.510. The molecule has 0 aromatic heterocycles. The van der Waals surface area contributed by atoms with Gasteiger partial charge in [0.15, 0.2) is 0 Å². The predicted molar refractivity (Wildman–Crippen MR) is 54.0 cm³/mol. The summed E-state index contributed by atoms with van der Waals surface area (Å²) in [6.07, 6.45) is 9.74. The molecule has 12 heavy (non-hydrogen) atoms. The summed E-state index contributed by atoms with van der Waals surface area (Å²) >= 11 is 0. The minimum Gasteiger partial charge on any atom is -0.316 e. The van der Waals surface area contributed by atoms with E-state index in [0.717, 1.165) is 6.42 Å². The minimum absolute atomic E-state index is 0.462. The van der Waals surface area contributed by atoms with E-state index in [1.165, 1.54) is 5.57 Å². The fraction of sp³-hybridized carbons (Fsp3) is 0.455. The quantitative estimate of drug-likeness (QED) is 0.616. The first-order chi connectivity index (χ1) is 5.77. The van der Waals surface area contributed by atoms with Gasteiger partial charge in [-0.1, -0.05) is 29.9 Å². The van der Waals surface area contributed by atoms with Crippen molar-refractivity contribution in [2.24, 2.45) is 5.92 Å². The van der Waals surface area contributed by atoms with Crippen LogP contribution in [0.15, 0.2) is 36.5 Å². The number of nitrogens with one attached hydrogen (secondary N) is 1. The molecule has 0 aliphatic heterocycles. The first-order valence-corrected chi connectivity index (χ1v) is 4.42. The second-order valence-electron chi connectivity index (χ2n) is 3.25. The minimum atomic E-state index is 0.462. The van der Waals surface area contributed by atoms with Crippen LogP contribution in [0.2, 0.25) is 0 Å². The Morgan fingerprint density at radius 2 is 2.42 bits per heavy atom. The first-order valence-electron chi connectivity index (χ1n) is 4.42. The zero-order valence-electron chi connectivity index (χ0n) is 7.88. The van der Waals surface area contributed by atoms with Gasteiger partial charge < -0.3 is 5.32 Å². The fourth-order valence-corrected chi connectivity index (χ4v) is 1.49. The van der Waals surface area contributed by atoms with E-state index in [4.69, 9.17) is 0 Å². The largest absolute Gasteiger partial charge is 0.316 e. The van der Waals surface area contributed by atoms with E-state index in [-0.39, 0.29) is 0 Å². The Labute approximate surface area is 74.9 Å². The molecule has 1 nitrogen and oxygen atoms in total. The van der Waals surface area contributed by atoms with Crippen molar-refractivity contribution in [1.29, 1.82) is 0 Å². The van der Waals surface area contributed by atoms with Gasteiger partial charge in [0.05, 0.1) is 0 Å². The molecule has 0 saturated heterocycles. The molecule has 0 heterocycles. The van der Waals surface area contributed by atoms with Gasteiger partial charge in [-0.05, 0) is 20.4 Å². The molecule has 0 bridgehead atoms. The lowest BCUT2D eigenvalue weighted by Crippen LogP contribution is -2.30. The molecule has 1 heteroatoms. The van der Waals surface area contributed by atoms with Gasteiger partial charge in [-0.3, -0.25) is 0 Å². The Hall–Kier alpha value is -0.820. The third kappa shape index (κ3) is 2.08. The van der Waals surface area contributed by atoms with Crippen molar-refractivity contribution in [1.82, 2.24) is 5.32 Å². The second-order valence-corrected chi connectivity index (χ2v) is 3.25. The molecule has 0 amide bonds. The Balaban J connectivity index is 2.75. The highest BCUT2D eigenvalue weighted by molar-refractivity contribution is 5.22. The van der Waals surface area contributed by atoms with Gasteiger partial charge in [0.25, 0.3) is 0 Å². The van der Waals surface area contributed by atoms with Crippen molar-refractivity contribution in [2.75, 3.05) is 7.05 Å². The summed E-state index contributed by atoms with van der Waals surface area (Å²) in [5, 5.41) is 3.30. The number of hydrogen-bond acceptors (Lipinski definition) is 1. The first kappa shape index (κ1) is 9.27. The lowest BCUT2D eigenvalue weighted by Gasteiger charge is -2.18. The van der Waals surface area contributed by atoms with Crippen LogP contribution in [0.1, 0.15) is 13.3 Å². The summed E-state index contributed by atoms with van der Waals surface area (Å²) in [5.74, 6) is 0.462. The number of hydrogen-bond donors (Lipinski definition) is 1. The molecule has 0 aromatic rings. The van der Waals surface area contributed by atoms with Crippen LogP contribution in [-0.4, -0.2) is 13.1 Å². The van der Waals surface area contributed by atoms with Crippen molar-refractivity contribution in [2.45, 2.75) is 19.4 Å². The van der Waals surface area contributed by atoms with Crippen LogP contribution in [0, 0.1) is 5.92 Å². The molecule has 1 aliphatic rings. The standard InChI is InChI=1S/C11H17N/c1-4-10-7-5-9(2)6-8-11(10)12-3/h4-7,10-12H,1,8H2,2-3H3. The van der Waals surface area contributed by atoms with Crippen LogP contribution in [0.5, 0.6) is 0 Å². The fourth-order valence-electron chi connectivity index (χ4n) is 1.49. The Morgan fingerprint density at radius 1 is 1.67 bits per heavy atom. The van der Waals surface area contributed by atoms with Crippen LogP contribution in [-0.2, 0) is 0 Å². The molecule has 0 aromatic carbocycles. The van der Waals surface area contributed by atoms with Crippen LogP contribution in [0.4, 0.5) is 0 Å². The Morgan fingerprint density at radius 3 is 3.00 bits per heavy atom. The van der Waals surface area contributed by atoms with E-state index >= 15 is 0 Å². The van der Waals surface area contributed by atoms with Crippen molar-refractivity contribution >= 4 is 0 Å².